The maximum atomic E-state index is 14.0. The van der Waals surface area contributed by atoms with E-state index < -0.39 is 0 Å². The number of carbonyl (C=O) groups excluding carboxylic acids is 1. The lowest BCUT2D eigenvalue weighted by Crippen LogP contribution is -2.23. The van der Waals surface area contributed by atoms with Crippen LogP contribution in [0.4, 0.5) is 0 Å². The molecule has 0 atom stereocenters. The molecule has 0 fully saturated rings. The van der Waals surface area contributed by atoms with Gasteiger partial charge in [-0.1, -0.05) is 56.3 Å². The SMILES string of the molecule is CC.CCn1nc(C)c(OCc2ccccc2)c1-c1nnc(-c2cc(C(=O)NCc3ccc(OC)cc3OC)c3cc(C)ncn23)n1Cc1ccc(OC)cc1. The fourth-order valence-electron chi connectivity index (χ4n) is 6.46. The van der Waals surface area contributed by atoms with Crippen LogP contribution in [0.3, 0.4) is 0 Å². The zero-order chi connectivity index (χ0) is 39.8. The molecule has 0 bridgehead atoms. The number of hydrogen-bond acceptors (Lipinski definition) is 9. The fourth-order valence-corrected chi connectivity index (χ4v) is 6.46. The molecule has 7 rings (SSSR count). The zero-order valence-electron chi connectivity index (χ0n) is 33.2. The Hall–Kier alpha value is -6.63. The quantitative estimate of drug-likeness (QED) is 0.119. The van der Waals surface area contributed by atoms with Gasteiger partial charge in [0.15, 0.2) is 17.4 Å². The van der Waals surface area contributed by atoms with Crippen molar-refractivity contribution >= 4 is 11.4 Å². The summed E-state index contributed by atoms with van der Waals surface area (Å²) in [7, 11) is 4.83. The number of amides is 1. The highest BCUT2D eigenvalue weighted by Crippen LogP contribution is 2.36. The standard InChI is InChI=1S/C41H42N8O5.C2H6/c1-7-49-37(38(27(3)46-49)54-24-29-11-9-8-10-12-29)40-45-44-39(47(40)23-28-13-16-31(51-4)17-14-28)35-21-33(34-19-26(2)43-25-48(34)35)41(50)42-22-30-15-18-32(52-5)20-36(30)53-6;1-2/h8-21,25H,7,22-24H2,1-6H3,(H,42,50);1-2H3. The van der Waals surface area contributed by atoms with Crippen molar-refractivity contribution in [1.82, 2.24) is 39.2 Å². The van der Waals surface area contributed by atoms with Crippen LogP contribution in [0.1, 0.15) is 59.2 Å². The lowest BCUT2D eigenvalue weighted by Gasteiger charge is -2.14. The molecule has 13 nitrogen and oxygen atoms in total. The van der Waals surface area contributed by atoms with Gasteiger partial charge in [-0.05, 0) is 68.3 Å². The summed E-state index contributed by atoms with van der Waals surface area (Å²) < 4.78 is 28.6. The number of hydrogen-bond donors (Lipinski definition) is 1. The third-order valence-electron chi connectivity index (χ3n) is 9.27. The van der Waals surface area contributed by atoms with Crippen molar-refractivity contribution in [3.8, 4) is 46.0 Å². The van der Waals surface area contributed by atoms with Crippen LogP contribution in [-0.2, 0) is 26.2 Å². The second-order valence-corrected chi connectivity index (χ2v) is 12.7. The number of nitrogens with one attached hydrogen (secondary N) is 1. The van der Waals surface area contributed by atoms with Crippen molar-refractivity contribution in [2.24, 2.45) is 0 Å². The van der Waals surface area contributed by atoms with Gasteiger partial charge in [-0.25, -0.2) is 4.98 Å². The highest BCUT2D eigenvalue weighted by molar-refractivity contribution is 6.02. The lowest BCUT2D eigenvalue weighted by molar-refractivity contribution is 0.0952. The van der Waals surface area contributed by atoms with E-state index in [0.717, 1.165) is 33.8 Å². The number of nitrogens with zero attached hydrogens (tertiary/aromatic N) is 7. The molecule has 0 radical (unpaired) electrons. The molecular formula is C43H48N8O5. The second-order valence-electron chi connectivity index (χ2n) is 12.7. The highest BCUT2D eigenvalue weighted by Gasteiger charge is 2.28. The third kappa shape index (κ3) is 8.07. The number of aromatic nitrogens is 7. The summed E-state index contributed by atoms with van der Waals surface area (Å²) in [6.07, 6.45) is 1.71. The Morgan fingerprint density at radius 3 is 2.21 bits per heavy atom. The molecule has 4 aromatic heterocycles. The van der Waals surface area contributed by atoms with E-state index in [1.807, 2.05) is 127 Å². The van der Waals surface area contributed by atoms with Crippen LogP contribution < -0.4 is 24.3 Å². The van der Waals surface area contributed by atoms with Crippen molar-refractivity contribution in [1.29, 1.82) is 0 Å². The van der Waals surface area contributed by atoms with Gasteiger partial charge in [0, 0.05) is 30.4 Å². The Morgan fingerprint density at radius 2 is 1.52 bits per heavy atom. The summed E-state index contributed by atoms with van der Waals surface area (Å²) in [6.45, 7) is 11.4. The first-order valence-electron chi connectivity index (χ1n) is 18.6. The number of methoxy groups -OCH3 is 3. The van der Waals surface area contributed by atoms with E-state index in [4.69, 9.17) is 34.2 Å². The largest absolute Gasteiger partial charge is 0.497 e. The van der Waals surface area contributed by atoms with E-state index in [1.165, 1.54) is 0 Å². The summed E-state index contributed by atoms with van der Waals surface area (Å²) in [4.78, 5) is 18.6. The van der Waals surface area contributed by atoms with Gasteiger partial charge < -0.3 is 24.3 Å². The first-order chi connectivity index (χ1) is 27.3. The van der Waals surface area contributed by atoms with Crippen LogP contribution in [0.15, 0.2) is 91.3 Å². The number of rotatable bonds is 14. The minimum absolute atomic E-state index is 0.243. The number of ether oxygens (including phenoxy) is 4. The number of fused-ring (bicyclic) bond motifs is 1. The molecular weight excluding hydrogens is 709 g/mol. The van der Waals surface area contributed by atoms with Crippen molar-refractivity contribution in [3.63, 3.8) is 0 Å². The predicted molar refractivity (Wildman–Crippen MR) is 216 cm³/mol. The van der Waals surface area contributed by atoms with Crippen LogP contribution in [0.25, 0.3) is 28.6 Å². The Morgan fingerprint density at radius 1 is 0.804 bits per heavy atom. The molecule has 0 aliphatic heterocycles. The molecule has 0 spiro atoms. The maximum Gasteiger partial charge on any atom is 0.253 e. The number of carbonyl (C=O) groups is 1. The van der Waals surface area contributed by atoms with Crippen LogP contribution in [-0.4, -0.2) is 61.2 Å². The summed E-state index contributed by atoms with van der Waals surface area (Å²) in [5.41, 5.74) is 6.83. The predicted octanol–water partition coefficient (Wildman–Crippen LogP) is 7.70. The second kappa shape index (κ2) is 17.7. The monoisotopic (exact) mass is 756 g/mol. The molecule has 290 valence electrons. The van der Waals surface area contributed by atoms with Gasteiger partial charge in [0.2, 0.25) is 0 Å². The van der Waals surface area contributed by atoms with Gasteiger partial charge in [-0.3, -0.25) is 18.4 Å². The average molecular weight is 757 g/mol. The van der Waals surface area contributed by atoms with Crippen LogP contribution in [0.2, 0.25) is 0 Å². The molecule has 0 saturated carbocycles. The van der Waals surface area contributed by atoms with Gasteiger partial charge in [0.1, 0.15) is 35.2 Å². The molecule has 1 N–H and O–H groups in total. The fraction of sp³-hybridized carbons (Fsp3) is 0.279. The number of benzene rings is 3. The summed E-state index contributed by atoms with van der Waals surface area (Å²) in [5.74, 6) is 3.50. The summed E-state index contributed by atoms with van der Waals surface area (Å²) in [6, 6.07) is 27.1. The molecule has 1 amide bonds. The van der Waals surface area contributed by atoms with Crippen molar-refractivity contribution in [2.75, 3.05) is 21.3 Å². The van der Waals surface area contributed by atoms with Crippen LogP contribution in [0.5, 0.6) is 23.0 Å². The van der Waals surface area contributed by atoms with Gasteiger partial charge in [0.05, 0.1) is 51.0 Å². The molecule has 4 heterocycles. The van der Waals surface area contributed by atoms with Gasteiger partial charge in [-0.2, -0.15) is 5.10 Å². The Bertz CT molecular complexity index is 2420. The summed E-state index contributed by atoms with van der Waals surface area (Å²) >= 11 is 0. The van der Waals surface area contributed by atoms with E-state index in [9.17, 15) is 4.79 Å². The smallest absolute Gasteiger partial charge is 0.253 e. The van der Waals surface area contributed by atoms with E-state index >= 15 is 0 Å². The topological polar surface area (TPSA) is 132 Å². The lowest BCUT2D eigenvalue weighted by atomic mass is 10.1. The summed E-state index contributed by atoms with van der Waals surface area (Å²) in [5, 5.41) is 17.5. The Labute approximate surface area is 326 Å². The van der Waals surface area contributed by atoms with Crippen molar-refractivity contribution in [3.05, 3.63) is 125 Å². The maximum absolute atomic E-state index is 14.0. The zero-order valence-corrected chi connectivity index (χ0v) is 33.2. The highest BCUT2D eigenvalue weighted by atomic mass is 16.5. The minimum atomic E-state index is -0.264. The molecule has 0 unspecified atom stereocenters. The normalized spacial score (nSPS) is 10.9. The average Bonchev–Trinajstić information content (AvgIpc) is 3.92. The molecule has 7 aromatic rings. The first-order valence-corrected chi connectivity index (χ1v) is 18.6. The van der Waals surface area contributed by atoms with Crippen LogP contribution >= 0.6 is 0 Å². The van der Waals surface area contributed by atoms with E-state index in [2.05, 4.69) is 10.3 Å². The Balaban J connectivity index is 0.00000262. The van der Waals surface area contributed by atoms with E-state index in [0.29, 0.717) is 71.1 Å². The van der Waals surface area contributed by atoms with Crippen molar-refractivity contribution < 1.29 is 23.7 Å². The minimum Gasteiger partial charge on any atom is -0.497 e. The molecule has 3 aromatic carbocycles. The first kappa shape index (κ1) is 39.1. The van der Waals surface area contributed by atoms with Gasteiger partial charge in [0.25, 0.3) is 5.91 Å². The molecule has 0 saturated heterocycles. The van der Waals surface area contributed by atoms with E-state index in [-0.39, 0.29) is 12.5 Å². The molecule has 0 aliphatic carbocycles. The van der Waals surface area contributed by atoms with Crippen molar-refractivity contribution in [2.45, 2.75) is 60.9 Å². The number of aryl methyl sites for hydroxylation is 3. The van der Waals surface area contributed by atoms with E-state index in [1.54, 1.807) is 33.7 Å². The Kier molecular flexibility index (Phi) is 12.3. The van der Waals surface area contributed by atoms with Gasteiger partial charge >= 0.3 is 0 Å². The van der Waals surface area contributed by atoms with Crippen LogP contribution in [0, 0.1) is 13.8 Å². The molecule has 13 heteroatoms. The third-order valence-corrected chi connectivity index (χ3v) is 9.27. The van der Waals surface area contributed by atoms with Gasteiger partial charge in [-0.15, -0.1) is 10.2 Å². The molecule has 56 heavy (non-hydrogen) atoms. The molecule has 0 aliphatic rings.